The first-order chi connectivity index (χ1) is 10.3. The van der Waals surface area contributed by atoms with Crippen molar-refractivity contribution >= 4 is 0 Å². The zero-order chi connectivity index (χ0) is 14.5. The molecule has 0 amide bonds. The van der Waals surface area contributed by atoms with Gasteiger partial charge in [-0.15, -0.1) is 0 Å². The molecule has 1 aliphatic rings. The predicted octanol–water partition coefficient (Wildman–Crippen LogP) is 3.15. The Bertz CT molecular complexity index is 591. The topological polar surface area (TPSA) is 34.1 Å². The Labute approximate surface area is 126 Å². The number of methoxy groups -OCH3 is 1. The molecule has 2 heterocycles. The number of nitrogens with one attached hydrogen (secondary N) is 1. The number of piperidine rings is 1. The second-order valence-corrected chi connectivity index (χ2v) is 5.63. The van der Waals surface area contributed by atoms with E-state index in [-0.39, 0.29) is 0 Å². The number of nitrogens with zero attached hydrogens (tertiary/aromatic N) is 1. The molecular formula is C18H22N2O. The predicted molar refractivity (Wildman–Crippen MR) is 84.9 cm³/mol. The number of aromatic nitrogens is 1. The molecule has 0 spiro atoms. The van der Waals surface area contributed by atoms with Gasteiger partial charge in [0.2, 0.25) is 0 Å². The van der Waals surface area contributed by atoms with Crippen LogP contribution in [0.25, 0.3) is 0 Å². The molecule has 1 atom stereocenters. The highest BCUT2D eigenvalue weighted by atomic mass is 16.5. The van der Waals surface area contributed by atoms with Crippen LogP contribution in [0.2, 0.25) is 0 Å². The zero-order valence-corrected chi connectivity index (χ0v) is 12.5. The van der Waals surface area contributed by atoms with Gasteiger partial charge in [-0.25, -0.2) is 0 Å². The molecule has 1 aromatic heterocycles. The minimum absolute atomic E-state index is 0.559. The van der Waals surface area contributed by atoms with Crippen LogP contribution in [-0.2, 0) is 6.42 Å². The monoisotopic (exact) mass is 282 g/mol. The van der Waals surface area contributed by atoms with Crippen LogP contribution >= 0.6 is 0 Å². The maximum Gasteiger partial charge on any atom is 0.119 e. The van der Waals surface area contributed by atoms with E-state index in [1.54, 1.807) is 7.11 Å². The second kappa shape index (κ2) is 6.72. The Hall–Kier alpha value is -1.87. The van der Waals surface area contributed by atoms with Gasteiger partial charge < -0.3 is 10.1 Å². The molecule has 1 aliphatic heterocycles. The van der Waals surface area contributed by atoms with E-state index in [4.69, 9.17) is 9.72 Å². The van der Waals surface area contributed by atoms with Crippen molar-refractivity contribution in [1.29, 1.82) is 0 Å². The van der Waals surface area contributed by atoms with Crippen LogP contribution in [-0.4, -0.2) is 25.2 Å². The summed E-state index contributed by atoms with van der Waals surface area (Å²) in [7, 11) is 1.70. The van der Waals surface area contributed by atoms with Gasteiger partial charge in [0, 0.05) is 30.3 Å². The number of rotatable bonds is 4. The molecule has 3 nitrogen and oxygen atoms in total. The molecule has 1 fully saturated rings. The molecule has 1 N–H and O–H groups in total. The molecule has 1 unspecified atom stereocenters. The van der Waals surface area contributed by atoms with Crippen molar-refractivity contribution < 1.29 is 4.74 Å². The van der Waals surface area contributed by atoms with Crippen molar-refractivity contribution in [1.82, 2.24) is 10.3 Å². The van der Waals surface area contributed by atoms with E-state index in [0.717, 1.165) is 31.0 Å². The molecule has 1 saturated heterocycles. The molecule has 0 aliphatic carbocycles. The van der Waals surface area contributed by atoms with Gasteiger partial charge in [-0.05, 0) is 49.2 Å². The molecule has 2 aromatic rings. The van der Waals surface area contributed by atoms with Crippen LogP contribution in [0.4, 0.5) is 0 Å². The Balaban J connectivity index is 1.76. The molecule has 0 saturated carbocycles. The van der Waals surface area contributed by atoms with Gasteiger partial charge in [0.15, 0.2) is 0 Å². The Morgan fingerprint density at radius 2 is 2.14 bits per heavy atom. The fourth-order valence-electron chi connectivity index (χ4n) is 2.92. The molecule has 21 heavy (non-hydrogen) atoms. The van der Waals surface area contributed by atoms with Crippen LogP contribution in [0.1, 0.15) is 35.7 Å². The lowest BCUT2D eigenvalue weighted by Gasteiger charge is -2.22. The van der Waals surface area contributed by atoms with Gasteiger partial charge in [0.05, 0.1) is 7.11 Å². The highest BCUT2D eigenvalue weighted by Gasteiger charge is 2.16. The number of hydrogen-bond donors (Lipinski definition) is 1. The van der Waals surface area contributed by atoms with Gasteiger partial charge in [-0.2, -0.15) is 0 Å². The van der Waals surface area contributed by atoms with Crippen molar-refractivity contribution in [2.45, 2.75) is 25.2 Å². The minimum Gasteiger partial charge on any atom is -0.497 e. The van der Waals surface area contributed by atoms with Crippen LogP contribution in [0.3, 0.4) is 0 Å². The third-order valence-electron chi connectivity index (χ3n) is 4.06. The molecule has 3 heteroatoms. The van der Waals surface area contributed by atoms with Crippen molar-refractivity contribution in [3.63, 3.8) is 0 Å². The van der Waals surface area contributed by atoms with Crippen LogP contribution in [0.15, 0.2) is 42.5 Å². The van der Waals surface area contributed by atoms with Crippen LogP contribution < -0.4 is 10.1 Å². The minimum atomic E-state index is 0.559. The fraction of sp³-hybridized carbons (Fsp3) is 0.389. The van der Waals surface area contributed by atoms with Gasteiger partial charge in [-0.1, -0.05) is 18.2 Å². The van der Waals surface area contributed by atoms with Crippen LogP contribution in [0.5, 0.6) is 5.75 Å². The van der Waals surface area contributed by atoms with E-state index in [0.29, 0.717) is 5.92 Å². The van der Waals surface area contributed by atoms with E-state index in [9.17, 15) is 0 Å². The lowest BCUT2D eigenvalue weighted by Crippen LogP contribution is -2.28. The number of hydrogen-bond acceptors (Lipinski definition) is 3. The van der Waals surface area contributed by atoms with E-state index >= 15 is 0 Å². The first-order valence-electron chi connectivity index (χ1n) is 7.64. The fourth-order valence-corrected chi connectivity index (χ4v) is 2.92. The third kappa shape index (κ3) is 3.61. The number of ether oxygens (including phenoxy) is 1. The highest BCUT2D eigenvalue weighted by molar-refractivity contribution is 5.31. The first kappa shape index (κ1) is 14.1. The lowest BCUT2D eigenvalue weighted by atomic mass is 9.95. The van der Waals surface area contributed by atoms with Crippen molar-refractivity contribution in [2.75, 3.05) is 20.2 Å². The van der Waals surface area contributed by atoms with E-state index in [2.05, 4.69) is 35.6 Å². The van der Waals surface area contributed by atoms with E-state index < -0.39 is 0 Å². The summed E-state index contributed by atoms with van der Waals surface area (Å²) < 4.78 is 5.28. The van der Waals surface area contributed by atoms with Gasteiger partial charge in [0.1, 0.15) is 5.75 Å². The largest absolute Gasteiger partial charge is 0.497 e. The average Bonchev–Trinajstić information content (AvgIpc) is 2.56. The summed E-state index contributed by atoms with van der Waals surface area (Å²) in [6.07, 6.45) is 3.33. The van der Waals surface area contributed by atoms with E-state index in [1.165, 1.54) is 24.1 Å². The molecule has 1 aromatic carbocycles. The maximum absolute atomic E-state index is 5.28. The van der Waals surface area contributed by atoms with E-state index in [1.807, 2.05) is 12.1 Å². The molecule has 0 bridgehead atoms. The summed E-state index contributed by atoms with van der Waals surface area (Å²) in [5.41, 5.74) is 3.59. The Morgan fingerprint density at radius 1 is 1.24 bits per heavy atom. The quantitative estimate of drug-likeness (QED) is 0.935. The van der Waals surface area contributed by atoms with Crippen molar-refractivity contribution in [3.05, 3.63) is 59.4 Å². The summed E-state index contributed by atoms with van der Waals surface area (Å²) in [5, 5.41) is 3.46. The average molecular weight is 282 g/mol. The normalized spacial score (nSPS) is 18.4. The summed E-state index contributed by atoms with van der Waals surface area (Å²) in [6.45, 7) is 2.19. The standard InChI is InChI=1S/C18H22N2O/c1-21-17-8-2-5-14(12-17)11-16-7-3-9-18(20-16)15-6-4-10-19-13-15/h2-3,5,7-9,12,15,19H,4,6,10-11,13H2,1H3. The summed E-state index contributed by atoms with van der Waals surface area (Å²) in [6, 6.07) is 14.6. The van der Waals surface area contributed by atoms with Gasteiger partial charge >= 0.3 is 0 Å². The smallest absolute Gasteiger partial charge is 0.119 e. The summed E-state index contributed by atoms with van der Waals surface area (Å²) >= 11 is 0. The second-order valence-electron chi connectivity index (χ2n) is 5.63. The van der Waals surface area contributed by atoms with Gasteiger partial charge in [0.25, 0.3) is 0 Å². The first-order valence-corrected chi connectivity index (χ1v) is 7.64. The molecular weight excluding hydrogens is 260 g/mol. The lowest BCUT2D eigenvalue weighted by molar-refractivity contribution is 0.414. The maximum atomic E-state index is 5.28. The Morgan fingerprint density at radius 3 is 2.95 bits per heavy atom. The molecule has 110 valence electrons. The van der Waals surface area contributed by atoms with Crippen molar-refractivity contribution in [2.24, 2.45) is 0 Å². The number of benzene rings is 1. The summed E-state index contributed by atoms with van der Waals surface area (Å²) in [5.74, 6) is 1.46. The SMILES string of the molecule is COc1cccc(Cc2cccc(C3CCCNC3)n2)c1. The molecule has 3 rings (SSSR count). The Kier molecular flexibility index (Phi) is 4.51. The number of pyridine rings is 1. The van der Waals surface area contributed by atoms with Crippen molar-refractivity contribution in [3.8, 4) is 5.75 Å². The van der Waals surface area contributed by atoms with Crippen LogP contribution in [0, 0.1) is 0 Å². The summed E-state index contributed by atoms with van der Waals surface area (Å²) in [4.78, 5) is 4.87. The molecule has 0 radical (unpaired) electrons. The zero-order valence-electron chi connectivity index (χ0n) is 12.5. The highest BCUT2D eigenvalue weighted by Crippen LogP contribution is 2.22. The third-order valence-corrected chi connectivity index (χ3v) is 4.06. The van der Waals surface area contributed by atoms with Gasteiger partial charge in [-0.3, -0.25) is 4.98 Å².